The first-order valence-corrected chi connectivity index (χ1v) is 11.0. The lowest BCUT2D eigenvalue weighted by Gasteiger charge is -2.13. The quantitative estimate of drug-likeness (QED) is 0.402. The Bertz CT molecular complexity index is 1410. The molecule has 1 N–H and O–H groups in total. The zero-order valence-corrected chi connectivity index (χ0v) is 19.6. The molecule has 178 valence electrons. The van der Waals surface area contributed by atoms with Crippen LogP contribution in [0.5, 0.6) is 11.5 Å². The number of hydrogen-bond acceptors (Lipinski definition) is 5. The lowest BCUT2D eigenvalue weighted by atomic mass is 10.2. The second kappa shape index (κ2) is 10.1. The highest BCUT2D eigenvalue weighted by Gasteiger charge is 2.23. The van der Waals surface area contributed by atoms with Gasteiger partial charge < -0.3 is 14.8 Å². The molecule has 0 aliphatic heterocycles. The number of ether oxygens (including phenoxy) is 2. The maximum Gasteiger partial charge on any atom is 0.339 e. The molecule has 1 amide bonds. The number of carbonyl (C=O) groups excluding carboxylic acids is 2. The van der Waals surface area contributed by atoms with Crippen LogP contribution < -0.4 is 15.6 Å². The van der Waals surface area contributed by atoms with E-state index < -0.39 is 18.0 Å². The highest BCUT2D eigenvalue weighted by Crippen LogP contribution is 2.22. The van der Waals surface area contributed by atoms with Gasteiger partial charge >= 0.3 is 5.97 Å². The molecule has 1 atom stereocenters. The number of para-hydroxylation sites is 2. The molecular weight excluding hydrogens is 446 g/mol. The summed E-state index contributed by atoms with van der Waals surface area (Å²) in [4.78, 5) is 38.5. The summed E-state index contributed by atoms with van der Waals surface area (Å²) in [6.07, 6.45) is -1.13. The minimum atomic E-state index is -1.13. The van der Waals surface area contributed by atoms with Crippen LogP contribution in [-0.4, -0.2) is 27.3 Å². The Morgan fingerprint density at radius 2 is 1.51 bits per heavy atom. The summed E-state index contributed by atoms with van der Waals surface area (Å²) in [5, 5.41) is 2.62. The maximum atomic E-state index is 13.0. The summed E-state index contributed by atoms with van der Waals surface area (Å²) < 4.78 is 14.2. The van der Waals surface area contributed by atoms with Crippen molar-refractivity contribution < 1.29 is 19.1 Å². The maximum absolute atomic E-state index is 13.0. The molecule has 0 aliphatic rings. The van der Waals surface area contributed by atoms with Gasteiger partial charge in [-0.05, 0) is 56.3 Å². The van der Waals surface area contributed by atoms with Crippen LogP contribution in [0.4, 0.5) is 5.69 Å². The van der Waals surface area contributed by atoms with Gasteiger partial charge in [0.05, 0.1) is 16.9 Å². The van der Waals surface area contributed by atoms with Gasteiger partial charge in [0.25, 0.3) is 11.5 Å². The van der Waals surface area contributed by atoms with Crippen LogP contribution in [0.25, 0.3) is 5.69 Å². The number of nitrogens with one attached hydrogen (secondary N) is 1. The van der Waals surface area contributed by atoms with Gasteiger partial charge in [0.15, 0.2) is 6.10 Å². The van der Waals surface area contributed by atoms with Crippen molar-refractivity contribution in [1.29, 1.82) is 0 Å². The molecule has 0 radical (unpaired) electrons. The molecule has 35 heavy (non-hydrogen) atoms. The summed E-state index contributed by atoms with van der Waals surface area (Å²) in [6, 6.07) is 24.8. The van der Waals surface area contributed by atoms with Crippen LogP contribution in [0.3, 0.4) is 0 Å². The van der Waals surface area contributed by atoms with Crippen LogP contribution in [-0.2, 0) is 16.6 Å². The van der Waals surface area contributed by atoms with Gasteiger partial charge in [-0.25, -0.2) is 9.48 Å². The predicted molar refractivity (Wildman–Crippen MR) is 132 cm³/mol. The van der Waals surface area contributed by atoms with Crippen molar-refractivity contribution in [2.45, 2.75) is 20.0 Å². The minimum Gasteiger partial charge on any atom is -0.457 e. The molecule has 0 bridgehead atoms. The second-order valence-corrected chi connectivity index (χ2v) is 7.92. The first-order valence-electron chi connectivity index (χ1n) is 11.0. The molecule has 0 spiro atoms. The number of esters is 1. The van der Waals surface area contributed by atoms with Crippen molar-refractivity contribution in [2.75, 3.05) is 5.32 Å². The Morgan fingerprint density at radius 3 is 2.20 bits per heavy atom. The van der Waals surface area contributed by atoms with E-state index in [1.165, 1.54) is 11.6 Å². The van der Waals surface area contributed by atoms with Gasteiger partial charge in [-0.1, -0.05) is 42.5 Å². The average molecular weight is 472 g/mol. The van der Waals surface area contributed by atoms with Gasteiger partial charge in [-0.2, -0.15) is 0 Å². The van der Waals surface area contributed by atoms with E-state index in [-0.39, 0.29) is 16.8 Å². The first-order chi connectivity index (χ1) is 16.8. The number of hydrogen-bond donors (Lipinski definition) is 1. The molecule has 0 saturated carbocycles. The zero-order chi connectivity index (χ0) is 24.9. The van der Waals surface area contributed by atoms with E-state index in [4.69, 9.17) is 9.47 Å². The molecule has 4 aromatic rings. The Balaban J connectivity index is 1.45. The van der Waals surface area contributed by atoms with Crippen molar-refractivity contribution in [1.82, 2.24) is 9.36 Å². The molecule has 0 saturated heterocycles. The Hall–Kier alpha value is -4.59. The molecule has 8 nitrogen and oxygen atoms in total. The smallest absolute Gasteiger partial charge is 0.339 e. The van der Waals surface area contributed by atoms with Gasteiger partial charge in [-0.15, -0.1) is 0 Å². The second-order valence-electron chi connectivity index (χ2n) is 7.92. The van der Waals surface area contributed by atoms with Gasteiger partial charge in [0, 0.05) is 7.05 Å². The van der Waals surface area contributed by atoms with Gasteiger partial charge in [0.2, 0.25) is 0 Å². The highest BCUT2D eigenvalue weighted by molar-refractivity contribution is 5.97. The van der Waals surface area contributed by atoms with Crippen molar-refractivity contribution in [3.63, 3.8) is 0 Å². The standard InChI is InChI=1S/C27H25N3O5/c1-18-24(26(32)30(29(18)3)21-12-6-4-7-13-21)28-25(31)19(2)34-27(33)20-11-10-16-23(17-20)35-22-14-8-5-9-15-22/h4-17,19H,1-3H3,(H,28,31)/t19-/m0/s1. The molecule has 3 aromatic carbocycles. The molecule has 4 rings (SSSR count). The van der Waals surface area contributed by atoms with Crippen molar-refractivity contribution in [2.24, 2.45) is 7.05 Å². The van der Waals surface area contributed by atoms with Crippen LogP contribution in [0.15, 0.2) is 89.7 Å². The molecule has 8 heteroatoms. The summed E-state index contributed by atoms with van der Waals surface area (Å²) in [6.45, 7) is 3.18. The molecule has 0 aliphatic carbocycles. The van der Waals surface area contributed by atoms with Crippen LogP contribution in [0, 0.1) is 6.92 Å². The average Bonchev–Trinajstić information content (AvgIpc) is 3.08. The molecule has 0 fully saturated rings. The monoisotopic (exact) mass is 471 g/mol. The van der Waals surface area contributed by atoms with Gasteiger partial charge in [-0.3, -0.25) is 14.3 Å². The minimum absolute atomic E-state index is 0.127. The van der Waals surface area contributed by atoms with E-state index in [2.05, 4.69) is 5.32 Å². The number of rotatable bonds is 7. The largest absolute Gasteiger partial charge is 0.457 e. The van der Waals surface area contributed by atoms with Crippen molar-refractivity contribution in [3.8, 4) is 17.2 Å². The van der Waals surface area contributed by atoms with Crippen molar-refractivity contribution in [3.05, 3.63) is 107 Å². The third-order valence-electron chi connectivity index (χ3n) is 5.50. The first kappa shape index (κ1) is 23.6. The van der Waals surface area contributed by atoms with E-state index in [1.807, 2.05) is 36.4 Å². The molecule has 0 unspecified atom stereocenters. The van der Waals surface area contributed by atoms with Crippen molar-refractivity contribution >= 4 is 17.6 Å². The highest BCUT2D eigenvalue weighted by atomic mass is 16.5. The number of anilines is 1. The number of carbonyl (C=O) groups is 2. The SMILES string of the molecule is Cc1c(NC(=O)[C@H](C)OC(=O)c2cccc(Oc3ccccc3)c2)c(=O)n(-c2ccccc2)n1C. The normalized spacial score (nSPS) is 11.5. The van der Waals surface area contributed by atoms with Crippen LogP contribution >= 0.6 is 0 Å². The lowest BCUT2D eigenvalue weighted by Crippen LogP contribution is -2.32. The van der Waals surface area contributed by atoms with E-state index in [9.17, 15) is 14.4 Å². The number of benzene rings is 3. The van der Waals surface area contributed by atoms with Crippen LogP contribution in [0.1, 0.15) is 23.0 Å². The number of amides is 1. The fraction of sp³-hybridized carbons (Fsp3) is 0.148. The van der Waals surface area contributed by atoms with E-state index >= 15 is 0 Å². The lowest BCUT2D eigenvalue weighted by molar-refractivity contribution is -0.123. The summed E-state index contributed by atoms with van der Waals surface area (Å²) in [5.74, 6) is -0.201. The molecular formula is C27H25N3O5. The van der Waals surface area contributed by atoms with Crippen LogP contribution in [0.2, 0.25) is 0 Å². The Kier molecular flexibility index (Phi) is 6.82. The molecule has 1 heterocycles. The fourth-order valence-electron chi connectivity index (χ4n) is 3.53. The Labute approximate surface area is 202 Å². The number of aromatic nitrogens is 2. The van der Waals surface area contributed by atoms with E-state index in [0.29, 0.717) is 22.9 Å². The zero-order valence-electron chi connectivity index (χ0n) is 19.6. The fourth-order valence-corrected chi connectivity index (χ4v) is 3.53. The Morgan fingerprint density at radius 1 is 0.886 bits per heavy atom. The van der Waals surface area contributed by atoms with Gasteiger partial charge in [0.1, 0.15) is 17.2 Å². The number of nitrogens with zero attached hydrogens (tertiary/aromatic N) is 2. The third kappa shape index (κ3) is 5.16. The molecule has 1 aromatic heterocycles. The summed E-state index contributed by atoms with van der Waals surface area (Å²) in [5.41, 5.74) is 1.22. The predicted octanol–water partition coefficient (Wildman–Crippen LogP) is 4.46. The topological polar surface area (TPSA) is 91.6 Å². The van der Waals surface area contributed by atoms with E-state index in [1.54, 1.807) is 67.2 Å². The third-order valence-corrected chi connectivity index (χ3v) is 5.50. The van der Waals surface area contributed by atoms with E-state index in [0.717, 1.165) is 0 Å². The summed E-state index contributed by atoms with van der Waals surface area (Å²) in [7, 11) is 1.73. The summed E-state index contributed by atoms with van der Waals surface area (Å²) >= 11 is 0.